The van der Waals surface area contributed by atoms with Gasteiger partial charge in [-0.3, -0.25) is 0 Å². The molecule has 4 aromatic rings. The number of fused-ring (bicyclic) bond motifs is 3. The zero-order chi connectivity index (χ0) is 27.0. The first kappa shape index (κ1) is 25.5. The summed E-state index contributed by atoms with van der Waals surface area (Å²) in [5.41, 5.74) is 3.01. The van der Waals surface area contributed by atoms with Crippen molar-refractivity contribution in [3.8, 4) is 5.75 Å². The predicted octanol–water partition coefficient (Wildman–Crippen LogP) is 4.50. The number of nitrogens with one attached hydrogen (secondary N) is 1. The van der Waals surface area contributed by atoms with Gasteiger partial charge in [0, 0.05) is 50.9 Å². The van der Waals surface area contributed by atoms with Gasteiger partial charge in [-0.1, -0.05) is 0 Å². The first-order chi connectivity index (χ1) is 18.1. The van der Waals surface area contributed by atoms with E-state index in [4.69, 9.17) is 14.5 Å². The predicted molar refractivity (Wildman–Crippen MR) is 147 cm³/mol. The van der Waals surface area contributed by atoms with Crippen LogP contribution in [0.4, 0.5) is 22.2 Å². The third-order valence-corrected chi connectivity index (χ3v) is 6.15. The average Bonchev–Trinajstić information content (AvgIpc) is 3.24. The molecule has 5 rings (SSSR count). The largest absolute Gasteiger partial charge is 0.489 e. The second kappa shape index (κ2) is 9.96. The summed E-state index contributed by atoms with van der Waals surface area (Å²) in [5.74, 6) is 1.72. The van der Waals surface area contributed by atoms with Crippen LogP contribution in [-0.4, -0.2) is 73.4 Å². The quantitative estimate of drug-likeness (QED) is 0.408. The molecule has 4 heterocycles. The Morgan fingerprint density at radius 3 is 2.53 bits per heavy atom. The SMILES string of the molecule is CC(C)Oc1cc(Nc2ncc3ccc4ncn(C)c4c3n2)ncc1N1CCN(C(=O)OC(C)(C)C)CC1. The minimum absolute atomic E-state index is 0.0258. The molecule has 1 aliphatic heterocycles. The van der Waals surface area contributed by atoms with E-state index in [2.05, 4.69) is 25.2 Å². The molecule has 0 spiro atoms. The fourth-order valence-corrected chi connectivity index (χ4v) is 4.45. The van der Waals surface area contributed by atoms with Crippen LogP contribution in [0.15, 0.2) is 36.9 Å². The van der Waals surface area contributed by atoms with Gasteiger partial charge in [0.25, 0.3) is 0 Å². The van der Waals surface area contributed by atoms with Crippen molar-refractivity contribution in [3.05, 3.63) is 36.9 Å². The normalized spacial score (nSPS) is 14.4. The molecule has 11 heteroatoms. The van der Waals surface area contributed by atoms with Crippen molar-refractivity contribution in [1.29, 1.82) is 0 Å². The zero-order valence-corrected chi connectivity index (χ0v) is 22.7. The molecule has 1 fully saturated rings. The van der Waals surface area contributed by atoms with E-state index in [0.717, 1.165) is 27.6 Å². The van der Waals surface area contributed by atoms with E-state index in [1.165, 1.54) is 0 Å². The lowest BCUT2D eigenvalue weighted by Crippen LogP contribution is -2.50. The number of hydrogen-bond donors (Lipinski definition) is 1. The monoisotopic (exact) mass is 518 g/mol. The van der Waals surface area contributed by atoms with Crippen LogP contribution in [0.2, 0.25) is 0 Å². The number of aryl methyl sites for hydroxylation is 1. The minimum Gasteiger partial charge on any atom is -0.489 e. The van der Waals surface area contributed by atoms with Crippen LogP contribution in [0.25, 0.3) is 21.9 Å². The van der Waals surface area contributed by atoms with Crippen molar-refractivity contribution in [1.82, 2.24) is 29.4 Å². The van der Waals surface area contributed by atoms with E-state index in [1.807, 2.05) is 64.4 Å². The highest BCUT2D eigenvalue weighted by molar-refractivity contribution is 6.01. The van der Waals surface area contributed by atoms with Crippen LogP contribution in [0.3, 0.4) is 0 Å². The van der Waals surface area contributed by atoms with Gasteiger partial charge in [0.1, 0.15) is 22.7 Å². The molecule has 0 bridgehead atoms. The molecule has 0 atom stereocenters. The van der Waals surface area contributed by atoms with E-state index in [1.54, 1.807) is 23.6 Å². The molecule has 3 aromatic heterocycles. The molecule has 1 N–H and O–H groups in total. The van der Waals surface area contributed by atoms with E-state index in [0.29, 0.717) is 43.7 Å². The van der Waals surface area contributed by atoms with Crippen molar-refractivity contribution in [2.45, 2.75) is 46.3 Å². The molecule has 11 nitrogen and oxygen atoms in total. The molecule has 200 valence electrons. The maximum Gasteiger partial charge on any atom is 0.410 e. The fraction of sp³-hybridized carbons (Fsp3) is 0.444. The Labute approximate surface area is 221 Å². The number of carbonyl (C=O) groups is 1. The van der Waals surface area contributed by atoms with Gasteiger partial charge in [-0.15, -0.1) is 0 Å². The molecule has 0 unspecified atom stereocenters. The Morgan fingerprint density at radius 1 is 1.05 bits per heavy atom. The number of amides is 1. The number of rotatable bonds is 5. The minimum atomic E-state index is -0.516. The van der Waals surface area contributed by atoms with E-state index in [-0.39, 0.29) is 12.2 Å². The summed E-state index contributed by atoms with van der Waals surface area (Å²) in [5, 5.41) is 4.16. The maximum atomic E-state index is 12.5. The number of anilines is 3. The van der Waals surface area contributed by atoms with Crippen molar-refractivity contribution >= 4 is 45.5 Å². The number of aromatic nitrogens is 5. The molecule has 0 saturated carbocycles. The topological polar surface area (TPSA) is 111 Å². The van der Waals surface area contributed by atoms with Crippen molar-refractivity contribution in [2.24, 2.45) is 7.05 Å². The molecule has 0 radical (unpaired) electrons. The van der Waals surface area contributed by atoms with Gasteiger partial charge < -0.3 is 29.2 Å². The third kappa shape index (κ3) is 5.41. The lowest BCUT2D eigenvalue weighted by molar-refractivity contribution is 0.0240. The van der Waals surface area contributed by atoms with Gasteiger partial charge >= 0.3 is 6.09 Å². The summed E-state index contributed by atoms with van der Waals surface area (Å²) in [7, 11) is 1.95. The lowest BCUT2D eigenvalue weighted by Gasteiger charge is -2.37. The Bertz CT molecular complexity index is 1470. The Balaban J connectivity index is 1.36. The maximum absolute atomic E-state index is 12.5. The second-order valence-electron chi connectivity index (χ2n) is 10.7. The number of imidazole rings is 1. The van der Waals surface area contributed by atoms with E-state index >= 15 is 0 Å². The van der Waals surface area contributed by atoms with Gasteiger partial charge in [0.2, 0.25) is 5.95 Å². The van der Waals surface area contributed by atoms with Crippen molar-refractivity contribution < 1.29 is 14.3 Å². The highest BCUT2D eigenvalue weighted by Gasteiger charge is 2.27. The van der Waals surface area contributed by atoms with Gasteiger partial charge in [0.05, 0.1) is 35.3 Å². The van der Waals surface area contributed by atoms with Crippen molar-refractivity contribution in [3.63, 3.8) is 0 Å². The van der Waals surface area contributed by atoms with Gasteiger partial charge in [-0.05, 0) is 46.8 Å². The second-order valence-corrected chi connectivity index (χ2v) is 10.7. The summed E-state index contributed by atoms with van der Waals surface area (Å²) in [6, 6.07) is 5.81. The number of hydrogen-bond acceptors (Lipinski definition) is 9. The summed E-state index contributed by atoms with van der Waals surface area (Å²) < 4.78 is 13.7. The molecule has 38 heavy (non-hydrogen) atoms. The Hall–Kier alpha value is -4.15. The smallest absolute Gasteiger partial charge is 0.410 e. The standard InChI is InChI=1S/C27H34N8O3/c1-17(2)37-21-13-22(28-15-20(21)34-9-11-35(12-10-34)26(36)38-27(3,4)5)31-25-29-14-18-7-8-19-24(23(18)32-25)33(6)16-30-19/h7-8,13-17H,9-12H2,1-6H3,(H,28,29,31,32). The highest BCUT2D eigenvalue weighted by Crippen LogP contribution is 2.33. The van der Waals surface area contributed by atoms with Gasteiger partial charge in [0.15, 0.2) is 0 Å². The number of pyridine rings is 1. The molecule has 1 saturated heterocycles. The van der Waals surface area contributed by atoms with Crippen LogP contribution in [0.1, 0.15) is 34.6 Å². The third-order valence-electron chi connectivity index (χ3n) is 6.15. The highest BCUT2D eigenvalue weighted by atomic mass is 16.6. The zero-order valence-electron chi connectivity index (χ0n) is 22.7. The van der Waals surface area contributed by atoms with E-state index in [9.17, 15) is 4.79 Å². The average molecular weight is 519 g/mol. The van der Waals surface area contributed by atoms with Crippen LogP contribution >= 0.6 is 0 Å². The van der Waals surface area contributed by atoms with Crippen LogP contribution in [0, 0.1) is 0 Å². The molecule has 1 aliphatic rings. The van der Waals surface area contributed by atoms with Crippen LogP contribution in [0.5, 0.6) is 5.75 Å². The molecule has 0 aliphatic carbocycles. The first-order valence-electron chi connectivity index (χ1n) is 12.8. The van der Waals surface area contributed by atoms with Gasteiger partial charge in [-0.2, -0.15) is 0 Å². The summed E-state index contributed by atoms with van der Waals surface area (Å²) in [6.45, 7) is 12.0. The fourth-order valence-electron chi connectivity index (χ4n) is 4.45. The number of nitrogens with zero attached hydrogens (tertiary/aromatic N) is 7. The lowest BCUT2D eigenvalue weighted by atomic mass is 10.2. The Morgan fingerprint density at radius 2 is 1.82 bits per heavy atom. The summed E-state index contributed by atoms with van der Waals surface area (Å²) >= 11 is 0. The molecular weight excluding hydrogens is 484 g/mol. The van der Waals surface area contributed by atoms with Crippen LogP contribution in [-0.2, 0) is 11.8 Å². The molecule has 1 aromatic carbocycles. The first-order valence-corrected chi connectivity index (χ1v) is 12.8. The van der Waals surface area contributed by atoms with Gasteiger partial charge in [-0.25, -0.2) is 24.7 Å². The number of ether oxygens (including phenoxy) is 2. The van der Waals surface area contributed by atoms with Crippen molar-refractivity contribution in [2.75, 3.05) is 36.4 Å². The number of benzene rings is 1. The Kier molecular flexibility index (Phi) is 6.68. The summed E-state index contributed by atoms with van der Waals surface area (Å²) in [4.78, 5) is 34.7. The van der Waals surface area contributed by atoms with E-state index < -0.39 is 5.60 Å². The molecular formula is C27H34N8O3. The summed E-state index contributed by atoms with van der Waals surface area (Å²) in [6.07, 6.45) is 5.06. The van der Waals surface area contributed by atoms with Crippen LogP contribution < -0.4 is 15.0 Å². The number of piperazine rings is 1. The number of carbonyl (C=O) groups excluding carboxylic acids is 1. The molecule has 1 amide bonds.